The molecule has 1 aliphatic rings. The molecule has 0 aliphatic carbocycles. The molecule has 0 spiro atoms. The smallest absolute Gasteiger partial charge is 0.00926 e. The van der Waals surface area contributed by atoms with Crippen molar-refractivity contribution in [2.45, 2.75) is 58.4 Å². The van der Waals surface area contributed by atoms with Crippen LogP contribution in [-0.2, 0) is 0 Å². The largest absolute Gasteiger partial charge is 0.330 e. The Kier molecular flexibility index (Phi) is 6.26. The Hall–Kier alpha value is -0.0800. The van der Waals surface area contributed by atoms with Crippen molar-refractivity contribution in [1.29, 1.82) is 0 Å². The van der Waals surface area contributed by atoms with E-state index in [0.717, 1.165) is 18.5 Å². The van der Waals surface area contributed by atoms with E-state index >= 15 is 0 Å². The first-order valence-corrected chi connectivity index (χ1v) is 6.75. The van der Waals surface area contributed by atoms with E-state index < -0.39 is 0 Å². The zero-order valence-corrected chi connectivity index (χ0v) is 10.5. The van der Waals surface area contributed by atoms with Gasteiger partial charge in [0.1, 0.15) is 0 Å². The third-order valence-corrected chi connectivity index (χ3v) is 3.86. The van der Waals surface area contributed by atoms with Crippen LogP contribution in [0.25, 0.3) is 0 Å². The topological polar surface area (TPSA) is 29.3 Å². The van der Waals surface area contributed by atoms with Crippen molar-refractivity contribution >= 4 is 0 Å². The summed E-state index contributed by atoms with van der Waals surface area (Å²) in [6.07, 6.45) is 8.05. The molecule has 15 heavy (non-hydrogen) atoms. The van der Waals surface area contributed by atoms with Gasteiger partial charge in [-0.15, -0.1) is 0 Å². The summed E-state index contributed by atoms with van der Waals surface area (Å²) in [6.45, 7) is 8.07. The van der Waals surface area contributed by atoms with Crippen LogP contribution in [0.15, 0.2) is 0 Å². The van der Waals surface area contributed by atoms with Gasteiger partial charge in [0.15, 0.2) is 0 Å². The highest BCUT2D eigenvalue weighted by atomic mass is 15.2. The molecule has 0 amide bonds. The first-order valence-electron chi connectivity index (χ1n) is 6.75. The van der Waals surface area contributed by atoms with Crippen LogP contribution in [0.4, 0.5) is 0 Å². The summed E-state index contributed by atoms with van der Waals surface area (Å²) >= 11 is 0. The van der Waals surface area contributed by atoms with Gasteiger partial charge in [0.25, 0.3) is 0 Å². The third kappa shape index (κ3) is 4.12. The van der Waals surface area contributed by atoms with Crippen molar-refractivity contribution in [1.82, 2.24) is 4.90 Å². The van der Waals surface area contributed by atoms with Crippen molar-refractivity contribution in [3.8, 4) is 0 Å². The van der Waals surface area contributed by atoms with Crippen LogP contribution >= 0.6 is 0 Å². The van der Waals surface area contributed by atoms with Gasteiger partial charge in [-0.25, -0.2) is 0 Å². The lowest BCUT2D eigenvalue weighted by Crippen LogP contribution is -2.42. The van der Waals surface area contributed by atoms with Gasteiger partial charge in [-0.2, -0.15) is 0 Å². The molecule has 1 atom stereocenters. The molecule has 2 nitrogen and oxygen atoms in total. The van der Waals surface area contributed by atoms with Gasteiger partial charge in [-0.3, -0.25) is 0 Å². The molecule has 0 saturated carbocycles. The SMILES string of the molecule is CCCCC(CC)N1CCC(CN)CC1. The Balaban J connectivity index is 2.29. The molecule has 1 rings (SSSR count). The lowest BCUT2D eigenvalue weighted by atomic mass is 9.94. The minimum absolute atomic E-state index is 0.796. The van der Waals surface area contributed by atoms with Crippen molar-refractivity contribution in [2.24, 2.45) is 11.7 Å². The van der Waals surface area contributed by atoms with Gasteiger partial charge in [0, 0.05) is 6.04 Å². The maximum atomic E-state index is 5.72. The molecule has 2 heteroatoms. The second kappa shape index (κ2) is 7.24. The second-order valence-corrected chi connectivity index (χ2v) is 4.92. The van der Waals surface area contributed by atoms with Crippen LogP contribution in [0.5, 0.6) is 0 Å². The third-order valence-electron chi connectivity index (χ3n) is 3.86. The Bertz CT molecular complexity index is 151. The molecule has 1 aliphatic heterocycles. The van der Waals surface area contributed by atoms with Crippen LogP contribution in [0.3, 0.4) is 0 Å². The number of likely N-dealkylation sites (tertiary alicyclic amines) is 1. The molecule has 1 unspecified atom stereocenters. The highest BCUT2D eigenvalue weighted by Crippen LogP contribution is 2.21. The summed E-state index contributed by atoms with van der Waals surface area (Å²) in [4.78, 5) is 2.70. The zero-order valence-electron chi connectivity index (χ0n) is 10.5. The molecule has 0 bridgehead atoms. The van der Waals surface area contributed by atoms with Gasteiger partial charge < -0.3 is 10.6 Å². The van der Waals surface area contributed by atoms with E-state index in [1.54, 1.807) is 0 Å². The predicted molar refractivity (Wildman–Crippen MR) is 67.0 cm³/mol. The van der Waals surface area contributed by atoms with Gasteiger partial charge in [0.2, 0.25) is 0 Å². The Morgan fingerprint density at radius 2 is 1.93 bits per heavy atom. The van der Waals surface area contributed by atoms with Gasteiger partial charge in [-0.1, -0.05) is 26.7 Å². The van der Waals surface area contributed by atoms with E-state index in [-0.39, 0.29) is 0 Å². The molecule has 1 heterocycles. The number of hydrogen-bond donors (Lipinski definition) is 1. The maximum absolute atomic E-state index is 5.72. The highest BCUT2D eigenvalue weighted by Gasteiger charge is 2.22. The summed E-state index contributed by atoms with van der Waals surface area (Å²) in [7, 11) is 0. The number of hydrogen-bond acceptors (Lipinski definition) is 2. The molecule has 0 radical (unpaired) electrons. The first kappa shape index (κ1) is 13.0. The van der Waals surface area contributed by atoms with Crippen molar-refractivity contribution in [2.75, 3.05) is 19.6 Å². The van der Waals surface area contributed by atoms with Crippen molar-refractivity contribution in [3.63, 3.8) is 0 Å². The molecule has 2 N–H and O–H groups in total. The number of nitrogens with zero attached hydrogens (tertiary/aromatic N) is 1. The fourth-order valence-corrected chi connectivity index (χ4v) is 2.64. The number of rotatable bonds is 6. The molecule has 0 aromatic heterocycles. The number of piperidine rings is 1. The summed E-state index contributed by atoms with van der Waals surface area (Å²) < 4.78 is 0. The second-order valence-electron chi connectivity index (χ2n) is 4.92. The van der Waals surface area contributed by atoms with E-state index in [9.17, 15) is 0 Å². The number of nitrogens with two attached hydrogens (primary N) is 1. The fourth-order valence-electron chi connectivity index (χ4n) is 2.64. The van der Waals surface area contributed by atoms with Crippen LogP contribution in [0.2, 0.25) is 0 Å². The molecule has 1 saturated heterocycles. The van der Waals surface area contributed by atoms with E-state index in [2.05, 4.69) is 18.7 Å². The summed E-state index contributed by atoms with van der Waals surface area (Å²) in [5.74, 6) is 0.796. The number of unbranched alkanes of at least 4 members (excludes halogenated alkanes) is 1. The van der Waals surface area contributed by atoms with Crippen LogP contribution in [0.1, 0.15) is 52.4 Å². The highest BCUT2D eigenvalue weighted by molar-refractivity contribution is 4.78. The molecule has 0 aromatic carbocycles. The van der Waals surface area contributed by atoms with Gasteiger partial charge >= 0.3 is 0 Å². The lowest BCUT2D eigenvalue weighted by molar-refractivity contribution is 0.123. The maximum Gasteiger partial charge on any atom is 0.00926 e. The van der Waals surface area contributed by atoms with E-state index in [1.807, 2.05) is 0 Å². The van der Waals surface area contributed by atoms with Crippen molar-refractivity contribution < 1.29 is 0 Å². The molecular formula is C13H28N2. The Morgan fingerprint density at radius 3 is 2.40 bits per heavy atom. The molecular weight excluding hydrogens is 184 g/mol. The molecule has 0 aromatic rings. The van der Waals surface area contributed by atoms with E-state index in [4.69, 9.17) is 5.73 Å². The zero-order chi connectivity index (χ0) is 11.1. The van der Waals surface area contributed by atoms with Gasteiger partial charge in [0.05, 0.1) is 0 Å². The first-order chi connectivity index (χ1) is 7.31. The normalized spacial score (nSPS) is 21.8. The standard InChI is InChI=1S/C13H28N2/c1-3-5-6-13(4-2)15-9-7-12(11-14)8-10-15/h12-13H,3-11,14H2,1-2H3. The predicted octanol–water partition coefficient (Wildman–Crippen LogP) is 2.63. The summed E-state index contributed by atoms with van der Waals surface area (Å²) in [5.41, 5.74) is 5.72. The minimum Gasteiger partial charge on any atom is -0.330 e. The van der Waals surface area contributed by atoms with Crippen LogP contribution in [0, 0.1) is 5.92 Å². The lowest BCUT2D eigenvalue weighted by Gasteiger charge is -2.37. The van der Waals surface area contributed by atoms with Crippen LogP contribution < -0.4 is 5.73 Å². The molecule has 90 valence electrons. The monoisotopic (exact) mass is 212 g/mol. The van der Waals surface area contributed by atoms with E-state index in [1.165, 1.54) is 51.6 Å². The average molecular weight is 212 g/mol. The minimum atomic E-state index is 0.796. The van der Waals surface area contributed by atoms with Crippen molar-refractivity contribution in [3.05, 3.63) is 0 Å². The average Bonchev–Trinajstić information content (AvgIpc) is 2.31. The van der Waals surface area contributed by atoms with Crippen LogP contribution in [-0.4, -0.2) is 30.6 Å². The quantitative estimate of drug-likeness (QED) is 0.733. The Labute approximate surface area is 95.2 Å². The summed E-state index contributed by atoms with van der Waals surface area (Å²) in [5, 5.41) is 0. The summed E-state index contributed by atoms with van der Waals surface area (Å²) in [6, 6.07) is 0.837. The Morgan fingerprint density at radius 1 is 1.27 bits per heavy atom. The fraction of sp³-hybridized carbons (Fsp3) is 1.00. The van der Waals surface area contributed by atoms with Gasteiger partial charge in [-0.05, 0) is 51.2 Å². The van der Waals surface area contributed by atoms with E-state index in [0.29, 0.717) is 0 Å². The molecule has 1 fully saturated rings.